The van der Waals surface area contributed by atoms with Gasteiger partial charge in [0.25, 0.3) is 0 Å². The molecule has 1 aliphatic carbocycles. The third kappa shape index (κ3) is 2.80. The molecule has 0 saturated carbocycles. The highest BCUT2D eigenvalue weighted by molar-refractivity contribution is 5.51. The van der Waals surface area contributed by atoms with Crippen LogP contribution in [0.5, 0.6) is 0 Å². The van der Waals surface area contributed by atoms with E-state index in [1.807, 2.05) is 0 Å². The molecule has 1 aromatic heterocycles. The zero-order chi connectivity index (χ0) is 13.9. The maximum Gasteiger partial charge on any atom is 0.135 e. The SMILES string of the molecule is CC(C)NCC1CCCN1c1ncnc2c1CCCC2. The van der Waals surface area contributed by atoms with E-state index in [9.17, 15) is 0 Å². The molecule has 1 aromatic rings. The molecular weight excluding hydrogens is 248 g/mol. The van der Waals surface area contributed by atoms with Gasteiger partial charge >= 0.3 is 0 Å². The molecule has 0 spiro atoms. The predicted molar refractivity (Wildman–Crippen MR) is 82.2 cm³/mol. The lowest BCUT2D eigenvalue weighted by molar-refractivity contribution is 0.520. The molecule has 2 heterocycles. The second-order valence-corrected chi connectivity index (χ2v) is 6.38. The summed E-state index contributed by atoms with van der Waals surface area (Å²) in [7, 11) is 0. The molecule has 110 valence electrons. The van der Waals surface area contributed by atoms with Crippen molar-refractivity contribution in [1.82, 2.24) is 15.3 Å². The monoisotopic (exact) mass is 274 g/mol. The molecule has 0 aromatic carbocycles. The van der Waals surface area contributed by atoms with Crippen LogP contribution in [-0.2, 0) is 12.8 Å². The Hall–Kier alpha value is -1.16. The molecule has 0 radical (unpaired) electrons. The van der Waals surface area contributed by atoms with Gasteiger partial charge in [0, 0.05) is 36.4 Å². The van der Waals surface area contributed by atoms with Crippen molar-refractivity contribution in [2.45, 2.75) is 64.5 Å². The zero-order valence-electron chi connectivity index (χ0n) is 12.7. The van der Waals surface area contributed by atoms with Crippen molar-refractivity contribution in [2.24, 2.45) is 0 Å². The highest BCUT2D eigenvalue weighted by Gasteiger charge is 2.29. The first kappa shape index (κ1) is 13.8. The summed E-state index contributed by atoms with van der Waals surface area (Å²) in [5, 5.41) is 3.58. The highest BCUT2D eigenvalue weighted by Crippen LogP contribution is 2.31. The van der Waals surface area contributed by atoms with E-state index in [0.29, 0.717) is 12.1 Å². The third-order valence-electron chi connectivity index (χ3n) is 4.51. The minimum atomic E-state index is 0.553. The van der Waals surface area contributed by atoms with Gasteiger partial charge in [0.15, 0.2) is 0 Å². The van der Waals surface area contributed by atoms with Crippen LogP contribution in [0.1, 0.15) is 50.8 Å². The van der Waals surface area contributed by atoms with Crippen molar-refractivity contribution in [3.63, 3.8) is 0 Å². The van der Waals surface area contributed by atoms with E-state index >= 15 is 0 Å². The van der Waals surface area contributed by atoms with E-state index in [4.69, 9.17) is 0 Å². The number of hydrogen-bond acceptors (Lipinski definition) is 4. The van der Waals surface area contributed by atoms with Gasteiger partial charge in [0.05, 0.1) is 0 Å². The summed E-state index contributed by atoms with van der Waals surface area (Å²) >= 11 is 0. The minimum Gasteiger partial charge on any atom is -0.352 e. The van der Waals surface area contributed by atoms with Gasteiger partial charge in [-0.3, -0.25) is 0 Å². The fourth-order valence-corrected chi connectivity index (χ4v) is 3.45. The topological polar surface area (TPSA) is 41.0 Å². The third-order valence-corrected chi connectivity index (χ3v) is 4.51. The number of nitrogens with one attached hydrogen (secondary N) is 1. The Balaban J connectivity index is 1.80. The molecule has 3 rings (SSSR count). The first-order chi connectivity index (χ1) is 9.75. The summed E-state index contributed by atoms with van der Waals surface area (Å²) in [4.78, 5) is 11.7. The molecule has 1 fully saturated rings. The largest absolute Gasteiger partial charge is 0.352 e. The second-order valence-electron chi connectivity index (χ2n) is 6.38. The van der Waals surface area contributed by atoms with E-state index in [1.165, 1.54) is 42.8 Å². The van der Waals surface area contributed by atoms with Crippen LogP contribution in [0.15, 0.2) is 6.33 Å². The zero-order valence-corrected chi connectivity index (χ0v) is 12.7. The van der Waals surface area contributed by atoms with Crippen LogP contribution in [0, 0.1) is 0 Å². The highest BCUT2D eigenvalue weighted by atomic mass is 15.2. The van der Waals surface area contributed by atoms with E-state index in [1.54, 1.807) is 6.33 Å². The van der Waals surface area contributed by atoms with Crippen LogP contribution < -0.4 is 10.2 Å². The van der Waals surface area contributed by atoms with Crippen LogP contribution in [0.2, 0.25) is 0 Å². The molecule has 20 heavy (non-hydrogen) atoms. The number of fused-ring (bicyclic) bond motifs is 1. The fourth-order valence-electron chi connectivity index (χ4n) is 3.45. The Morgan fingerprint density at radius 2 is 2.10 bits per heavy atom. The average Bonchev–Trinajstić information content (AvgIpc) is 2.92. The molecule has 0 amide bonds. The fraction of sp³-hybridized carbons (Fsp3) is 0.750. The van der Waals surface area contributed by atoms with Gasteiger partial charge in [-0.25, -0.2) is 9.97 Å². The Kier molecular flexibility index (Phi) is 4.20. The minimum absolute atomic E-state index is 0.553. The molecule has 1 N–H and O–H groups in total. The lowest BCUT2D eigenvalue weighted by atomic mass is 9.96. The molecule has 2 aliphatic rings. The van der Waals surface area contributed by atoms with Crippen LogP contribution in [0.3, 0.4) is 0 Å². The van der Waals surface area contributed by atoms with E-state index < -0.39 is 0 Å². The maximum absolute atomic E-state index is 4.64. The quantitative estimate of drug-likeness (QED) is 0.915. The predicted octanol–water partition coefficient (Wildman–Crippen LogP) is 2.32. The van der Waals surface area contributed by atoms with Gasteiger partial charge in [-0.2, -0.15) is 0 Å². The number of nitrogens with zero attached hydrogens (tertiary/aromatic N) is 3. The Labute approximate surface area is 122 Å². The number of aromatic nitrogens is 2. The average molecular weight is 274 g/mol. The first-order valence-electron chi connectivity index (χ1n) is 8.08. The van der Waals surface area contributed by atoms with E-state index in [2.05, 4.69) is 34.0 Å². The number of hydrogen-bond donors (Lipinski definition) is 1. The van der Waals surface area contributed by atoms with Gasteiger partial charge in [0.1, 0.15) is 12.1 Å². The number of rotatable bonds is 4. The molecular formula is C16H26N4. The molecule has 1 atom stereocenters. The summed E-state index contributed by atoms with van der Waals surface area (Å²) in [6.45, 7) is 6.64. The molecule has 4 heteroatoms. The van der Waals surface area contributed by atoms with Gasteiger partial charge in [0.2, 0.25) is 0 Å². The molecule has 1 aliphatic heterocycles. The molecule has 4 nitrogen and oxygen atoms in total. The summed E-state index contributed by atoms with van der Waals surface area (Å²) in [6.07, 6.45) is 9.18. The van der Waals surface area contributed by atoms with Crippen LogP contribution in [-0.4, -0.2) is 35.1 Å². The van der Waals surface area contributed by atoms with Crippen LogP contribution in [0.4, 0.5) is 5.82 Å². The summed E-state index contributed by atoms with van der Waals surface area (Å²) in [5.74, 6) is 1.22. The summed E-state index contributed by atoms with van der Waals surface area (Å²) in [6, 6.07) is 1.15. The van der Waals surface area contributed by atoms with Gasteiger partial charge in [-0.05, 0) is 38.5 Å². The normalized spacial score (nSPS) is 22.4. The summed E-state index contributed by atoms with van der Waals surface area (Å²) < 4.78 is 0. The first-order valence-corrected chi connectivity index (χ1v) is 8.08. The smallest absolute Gasteiger partial charge is 0.135 e. The van der Waals surface area contributed by atoms with Crippen molar-refractivity contribution in [1.29, 1.82) is 0 Å². The molecule has 0 bridgehead atoms. The van der Waals surface area contributed by atoms with Crippen molar-refractivity contribution in [3.8, 4) is 0 Å². The van der Waals surface area contributed by atoms with Crippen molar-refractivity contribution in [2.75, 3.05) is 18.0 Å². The van der Waals surface area contributed by atoms with Gasteiger partial charge in [-0.1, -0.05) is 13.8 Å². The van der Waals surface area contributed by atoms with Crippen molar-refractivity contribution >= 4 is 5.82 Å². The van der Waals surface area contributed by atoms with Crippen molar-refractivity contribution < 1.29 is 0 Å². The lowest BCUT2D eigenvalue weighted by Crippen LogP contribution is -2.41. The van der Waals surface area contributed by atoms with Crippen LogP contribution >= 0.6 is 0 Å². The summed E-state index contributed by atoms with van der Waals surface area (Å²) in [5.41, 5.74) is 2.72. The van der Waals surface area contributed by atoms with E-state index in [-0.39, 0.29) is 0 Å². The lowest BCUT2D eigenvalue weighted by Gasteiger charge is -2.30. The Morgan fingerprint density at radius 3 is 2.95 bits per heavy atom. The standard InChI is InChI=1S/C16H26N4/c1-12(2)17-10-13-6-5-9-20(13)16-14-7-3-4-8-15(14)18-11-19-16/h11-13,17H,3-10H2,1-2H3. The van der Waals surface area contributed by atoms with Crippen LogP contribution in [0.25, 0.3) is 0 Å². The van der Waals surface area contributed by atoms with Gasteiger partial charge < -0.3 is 10.2 Å². The second kappa shape index (κ2) is 6.08. The van der Waals surface area contributed by atoms with E-state index in [0.717, 1.165) is 25.9 Å². The number of aryl methyl sites for hydroxylation is 1. The number of anilines is 1. The van der Waals surface area contributed by atoms with Gasteiger partial charge in [-0.15, -0.1) is 0 Å². The molecule has 1 unspecified atom stereocenters. The Morgan fingerprint density at radius 1 is 1.25 bits per heavy atom. The maximum atomic E-state index is 4.64. The van der Waals surface area contributed by atoms with Crippen molar-refractivity contribution in [3.05, 3.63) is 17.6 Å². The Bertz CT molecular complexity index is 458. The molecule has 1 saturated heterocycles.